The highest BCUT2D eigenvalue weighted by Crippen LogP contribution is 2.30. The molecule has 0 radical (unpaired) electrons. The zero-order valence-electron chi connectivity index (χ0n) is 23.9. The van der Waals surface area contributed by atoms with Crippen LogP contribution in [0.1, 0.15) is 37.8 Å². The predicted molar refractivity (Wildman–Crippen MR) is 164 cm³/mol. The maximum absolute atomic E-state index is 13.9. The number of amides is 2. The summed E-state index contributed by atoms with van der Waals surface area (Å²) in [4.78, 5) is 28.9. The van der Waals surface area contributed by atoms with E-state index in [9.17, 15) is 18.0 Å². The van der Waals surface area contributed by atoms with Gasteiger partial charge in [0, 0.05) is 37.0 Å². The normalized spacial score (nSPS) is 12.0. The smallest absolute Gasteiger partial charge is 0.243 e. The molecule has 0 aliphatic rings. The van der Waals surface area contributed by atoms with Crippen molar-refractivity contribution in [3.8, 4) is 5.75 Å². The lowest BCUT2D eigenvalue weighted by molar-refractivity contribution is -0.141. The van der Waals surface area contributed by atoms with Gasteiger partial charge in [-0.2, -0.15) is 0 Å². The monoisotopic (exact) mass is 599 g/mol. The van der Waals surface area contributed by atoms with Crippen LogP contribution in [0.25, 0.3) is 0 Å². The molecule has 0 saturated heterocycles. The van der Waals surface area contributed by atoms with Gasteiger partial charge in [-0.15, -0.1) is 0 Å². The van der Waals surface area contributed by atoms with E-state index in [1.54, 1.807) is 41.3 Å². The molecule has 0 fully saturated rings. The lowest BCUT2D eigenvalue weighted by atomic mass is 10.0. The Hall–Kier alpha value is -3.56. The molecule has 0 saturated carbocycles. The van der Waals surface area contributed by atoms with Gasteiger partial charge >= 0.3 is 0 Å². The van der Waals surface area contributed by atoms with Crippen LogP contribution in [0, 0.1) is 0 Å². The van der Waals surface area contributed by atoms with Crippen molar-refractivity contribution in [2.24, 2.45) is 0 Å². The quantitative estimate of drug-likeness (QED) is 0.279. The summed E-state index contributed by atoms with van der Waals surface area (Å²) in [5, 5.41) is 3.54. The zero-order chi connectivity index (χ0) is 30.0. The van der Waals surface area contributed by atoms with Crippen molar-refractivity contribution in [1.82, 2.24) is 10.2 Å². The van der Waals surface area contributed by atoms with Gasteiger partial charge in [0.2, 0.25) is 21.8 Å². The first-order chi connectivity index (χ1) is 19.5. The molecule has 1 N–H and O–H groups in total. The molecule has 3 aromatic rings. The van der Waals surface area contributed by atoms with E-state index in [0.29, 0.717) is 22.9 Å². The Balaban J connectivity index is 1.89. The fraction of sp³-hybridized carbons (Fsp3) is 0.355. The molecule has 3 rings (SSSR count). The van der Waals surface area contributed by atoms with Crippen LogP contribution in [-0.2, 0) is 32.6 Å². The number of para-hydroxylation sites is 2. The summed E-state index contributed by atoms with van der Waals surface area (Å²) in [6.45, 7) is 4.02. The number of nitrogens with one attached hydrogen (secondary N) is 1. The largest absolute Gasteiger partial charge is 0.495 e. The maximum Gasteiger partial charge on any atom is 0.243 e. The fourth-order valence-electron chi connectivity index (χ4n) is 4.54. The fourth-order valence-corrected chi connectivity index (χ4v) is 5.63. The number of ether oxygens (including phenoxy) is 1. The third kappa shape index (κ3) is 9.50. The van der Waals surface area contributed by atoms with E-state index in [1.165, 1.54) is 11.4 Å². The Labute approximate surface area is 248 Å². The number of halogens is 1. The Morgan fingerprint density at radius 3 is 2.17 bits per heavy atom. The summed E-state index contributed by atoms with van der Waals surface area (Å²) < 4.78 is 32.0. The number of anilines is 1. The van der Waals surface area contributed by atoms with Crippen molar-refractivity contribution < 1.29 is 22.7 Å². The minimum absolute atomic E-state index is 0.0367. The Kier molecular flexibility index (Phi) is 11.6. The number of benzene rings is 3. The Morgan fingerprint density at radius 2 is 1.56 bits per heavy atom. The first kappa shape index (κ1) is 32.0. The van der Waals surface area contributed by atoms with Crippen LogP contribution >= 0.6 is 11.6 Å². The minimum atomic E-state index is -3.65. The number of carbonyl (C=O) groups is 2. The first-order valence-electron chi connectivity index (χ1n) is 13.5. The second kappa shape index (κ2) is 14.9. The molecule has 0 aliphatic heterocycles. The highest BCUT2D eigenvalue weighted by atomic mass is 35.5. The van der Waals surface area contributed by atoms with E-state index in [-0.39, 0.29) is 43.8 Å². The average molecular weight is 600 g/mol. The van der Waals surface area contributed by atoms with Crippen molar-refractivity contribution in [2.75, 3.05) is 24.2 Å². The van der Waals surface area contributed by atoms with E-state index in [4.69, 9.17) is 16.3 Å². The van der Waals surface area contributed by atoms with Gasteiger partial charge in [-0.05, 0) is 55.7 Å². The van der Waals surface area contributed by atoms with Gasteiger partial charge in [0.1, 0.15) is 11.8 Å². The second-order valence-corrected chi connectivity index (χ2v) is 12.5. The van der Waals surface area contributed by atoms with Crippen molar-refractivity contribution >= 4 is 39.1 Å². The van der Waals surface area contributed by atoms with Crippen LogP contribution in [0.5, 0.6) is 5.75 Å². The molecule has 0 unspecified atom stereocenters. The molecule has 0 aromatic heterocycles. The van der Waals surface area contributed by atoms with E-state index >= 15 is 0 Å². The van der Waals surface area contributed by atoms with Crippen LogP contribution in [0.3, 0.4) is 0 Å². The molecule has 1 atom stereocenters. The van der Waals surface area contributed by atoms with Gasteiger partial charge in [0.15, 0.2) is 0 Å². The molecule has 0 aliphatic carbocycles. The van der Waals surface area contributed by atoms with Gasteiger partial charge in [0.05, 0.1) is 19.1 Å². The van der Waals surface area contributed by atoms with Crippen molar-refractivity contribution in [2.45, 2.75) is 51.7 Å². The summed E-state index contributed by atoms with van der Waals surface area (Å²) in [6.07, 6.45) is 1.73. The summed E-state index contributed by atoms with van der Waals surface area (Å²) in [5.74, 6) is -0.0897. The number of hydrogen-bond acceptors (Lipinski definition) is 5. The topological polar surface area (TPSA) is 96.0 Å². The predicted octanol–water partition coefficient (Wildman–Crippen LogP) is 5.06. The number of sulfonamides is 1. The standard InChI is InChI=1S/C31H38ClN3O5S/c1-23(2)33-31(37)28(21-24-11-6-5-7-12-24)34(22-25-16-18-26(32)19-17-25)30(36)15-10-20-35(41(4,38)39)27-13-8-9-14-29(27)40-3/h5-9,11-14,16-19,23,28H,10,15,20-22H2,1-4H3,(H,33,37)/t28-/m1/s1. The Morgan fingerprint density at radius 1 is 0.927 bits per heavy atom. The van der Waals surface area contributed by atoms with Gasteiger partial charge < -0.3 is 15.0 Å². The molecule has 0 heterocycles. The average Bonchev–Trinajstić information content (AvgIpc) is 2.93. The molecule has 8 nitrogen and oxygen atoms in total. The van der Waals surface area contributed by atoms with E-state index in [1.807, 2.05) is 56.3 Å². The number of nitrogens with zero attached hydrogens (tertiary/aromatic N) is 2. The molecule has 2 amide bonds. The molecule has 0 spiro atoms. The number of hydrogen-bond donors (Lipinski definition) is 1. The van der Waals surface area contributed by atoms with Crippen LogP contribution in [0.2, 0.25) is 5.02 Å². The van der Waals surface area contributed by atoms with Crippen molar-refractivity contribution in [1.29, 1.82) is 0 Å². The summed E-state index contributed by atoms with van der Waals surface area (Å²) >= 11 is 6.09. The maximum atomic E-state index is 13.9. The lowest BCUT2D eigenvalue weighted by Crippen LogP contribution is -2.51. The van der Waals surface area contributed by atoms with Crippen molar-refractivity contribution in [3.63, 3.8) is 0 Å². The van der Waals surface area contributed by atoms with Crippen LogP contribution in [0.15, 0.2) is 78.9 Å². The van der Waals surface area contributed by atoms with Crippen LogP contribution in [-0.4, -0.2) is 57.1 Å². The van der Waals surface area contributed by atoms with Gasteiger partial charge in [0.25, 0.3) is 0 Å². The number of methoxy groups -OCH3 is 1. The van der Waals surface area contributed by atoms with E-state index in [0.717, 1.165) is 17.4 Å². The molecule has 3 aromatic carbocycles. The molecule has 0 bridgehead atoms. The molecule has 220 valence electrons. The van der Waals surface area contributed by atoms with Crippen molar-refractivity contribution in [3.05, 3.63) is 95.0 Å². The highest BCUT2D eigenvalue weighted by Gasteiger charge is 2.31. The summed E-state index contributed by atoms with van der Waals surface area (Å²) in [5.41, 5.74) is 2.15. The van der Waals surface area contributed by atoms with Crippen LogP contribution in [0.4, 0.5) is 5.69 Å². The van der Waals surface area contributed by atoms with Crippen LogP contribution < -0.4 is 14.4 Å². The second-order valence-electron chi connectivity index (χ2n) is 10.1. The lowest BCUT2D eigenvalue weighted by Gasteiger charge is -2.32. The molecular formula is C31H38ClN3O5S. The SMILES string of the molecule is COc1ccccc1N(CCCC(=O)N(Cc1ccc(Cl)cc1)[C@H](Cc1ccccc1)C(=O)NC(C)C)S(C)(=O)=O. The molecular weight excluding hydrogens is 562 g/mol. The van der Waals surface area contributed by atoms with Gasteiger partial charge in [-0.3, -0.25) is 13.9 Å². The van der Waals surface area contributed by atoms with E-state index < -0.39 is 16.1 Å². The molecule has 41 heavy (non-hydrogen) atoms. The number of rotatable bonds is 14. The highest BCUT2D eigenvalue weighted by molar-refractivity contribution is 7.92. The number of carbonyl (C=O) groups excluding carboxylic acids is 2. The third-order valence-corrected chi connectivity index (χ3v) is 7.91. The van der Waals surface area contributed by atoms with Gasteiger partial charge in [-0.1, -0.05) is 66.2 Å². The Bertz CT molecular complexity index is 1400. The minimum Gasteiger partial charge on any atom is -0.495 e. The summed E-state index contributed by atoms with van der Waals surface area (Å²) in [6, 6.07) is 22.7. The first-order valence-corrected chi connectivity index (χ1v) is 15.7. The van der Waals surface area contributed by atoms with E-state index in [2.05, 4.69) is 5.32 Å². The molecule has 10 heteroatoms. The third-order valence-electron chi connectivity index (χ3n) is 6.47. The van der Waals surface area contributed by atoms with Gasteiger partial charge in [-0.25, -0.2) is 8.42 Å². The summed E-state index contributed by atoms with van der Waals surface area (Å²) in [7, 11) is -2.17. The zero-order valence-corrected chi connectivity index (χ0v) is 25.5.